The lowest BCUT2D eigenvalue weighted by Gasteiger charge is -2.10. The maximum Gasteiger partial charge on any atom is 0.433 e. The van der Waals surface area contributed by atoms with Gasteiger partial charge in [-0.05, 0) is 31.2 Å². The van der Waals surface area contributed by atoms with Gasteiger partial charge in [-0.3, -0.25) is 5.32 Å². The van der Waals surface area contributed by atoms with Crippen molar-refractivity contribution in [2.45, 2.75) is 19.1 Å². The summed E-state index contributed by atoms with van der Waals surface area (Å²) in [5.74, 6) is 1.09. The van der Waals surface area contributed by atoms with Crippen LogP contribution in [0.25, 0.3) is 28.1 Å². The maximum atomic E-state index is 13.3. The molecule has 3 aromatic heterocycles. The molecule has 0 saturated carbocycles. The lowest BCUT2D eigenvalue weighted by molar-refractivity contribution is -0.365. The summed E-state index contributed by atoms with van der Waals surface area (Å²) in [6.45, 7) is 6.77. The molecule has 37 heavy (non-hydrogen) atoms. The number of hydrogen-bond acceptors (Lipinski definition) is 8. The number of oxazole rings is 1. The Bertz CT molecular complexity index is 1460. The molecule has 0 amide bonds. The van der Waals surface area contributed by atoms with Crippen molar-refractivity contribution in [3.8, 4) is 29.7 Å². The number of nitrogens with one attached hydrogen (secondary N) is 3. The van der Waals surface area contributed by atoms with Gasteiger partial charge in [-0.15, -0.1) is 0 Å². The minimum atomic E-state index is -4.65. The predicted molar refractivity (Wildman–Crippen MR) is 131 cm³/mol. The van der Waals surface area contributed by atoms with E-state index in [4.69, 9.17) is 21.3 Å². The fourth-order valence-corrected chi connectivity index (χ4v) is 3.55. The molecule has 4 aromatic rings. The second kappa shape index (κ2) is 10.5. The van der Waals surface area contributed by atoms with E-state index in [0.29, 0.717) is 47.1 Å². The summed E-state index contributed by atoms with van der Waals surface area (Å²) in [6, 6.07) is 6.36. The molecule has 9 nitrogen and oxygen atoms in total. The molecule has 12 heteroatoms. The number of H-pyrrole nitrogens is 1. The van der Waals surface area contributed by atoms with Crippen LogP contribution in [0.2, 0.25) is 0 Å². The predicted octanol–water partition coefficient (Wildman–Crippen LogP) is 3.78. The SMILES string of the molecule is C#COc1ccc(-c2nc(C(=C)NCCNc3nccc[nH+]3)c([C@H](C)N)o2)c2ccc(C(F)(F)F)nc12. The number of fused-ring (bicyclic) bond motifs is 1. The number of rotatable bonds is 9. The number of benzene rings is 1. The topological polar surface area (TPSA) is 125 Å². The van der Waals surface area contributed by atoms with Crippen molar-refractivity contribution in [3.63, 3.8) is 0 Å². The van der Waals surface area contributed by atoms with E-state index in [1.54, 1.807) is 31.5 Å². The van der Waals surface area contributed by atoms with Crippen LogP contribution in [0.4, 0.5) is 19.1 Å². The van der Waals surface area contributed by atoms with Crippen molar-refractivity contribution in [2.24, 2.45) is 5.73 Å². The van der Waals surface area contributed by atoms with Crippen LogP contribution in [-0.4, -0.2) is 28.0 Å². The fourth-order valence-electron chi connectivity index (χ4n) is 3.55. The second-order valence-electron chi connectivity index (χ2n) is 7.90. The largest absolute Gasteiger partial charge is 0.439 e. The van der Waals surface area contributed by atoms with Crippen LogP contribution in [0.5, 0.6) is 5.75 Å². The third kappa shape index (κ3) is 5.62. The molecule has 3 heterocycles. The quantitative estimate of drug-likeness (QED) is 0.230. The van der Waals surface area contributed by atoms with Gasteiger partial charge in [0.25, 0.3) is 0 Å². The molecular formula is C25H23F3N7O2+. The van der Waals surface area contributed by atoms with Crippen LogP contribution in [0, 0.1) is 12.5 Å². The molecule has 0 aliphatic heterocycles. The molecule has 190 valence electrons. The first-order valence-corrected chi connectivity index (χ1v) is 11.1. The summed E-state index contributed by atoms with van der Waals surface area (Å²) in [6.07, 6.45) is 5.93. The first-order chi connectivity index (χ1) is 17.7. The third-order valence-electron chi connectivity index (χ3n) is 5.22. The van der Waals surface area contributed by atoms with E-state index >= 15 is 0 Å². The summed E-state index contributed by atoms with van der Waals surface area (Å²) < 4.78 is 50.9. The molecule has 0 aliphatic carbocycles. The molecule has 0 spiro atoms. The van der Waals surface area contributed by atoms with Gasteiger partial charge in [-0.2, -0.15) is 13.2 Å². The second-order valence-corrected chi connectivity index (χ2v) is 7.90. The van der Waals surface area contributed by atoms with Crippen LogP contribution in [0.1, 0.15) is 30.1 Å². The van der Waals surface area contributed by atoms with Crippen LogP contribution in [0.15, 0.2) is 53.7 Å². The number of aromatic amines is 1. The molecule has 0 aliphatic rings. The normalized spacial score (nSPS) is 12.1. The number of hydrogen-bond donors (Lipinski definition) is 3. The number of nitrogens with two attached hydrogens (primary N) is 1. The zero-order valence-electron chi connectivity index (χ0n) is 19.7. The molecule has 1 aromatic carbocycles. The Kier molecular flexibility index (Phi) is 7.26. The summed E-state index contributed by atoms with van der Waals surface area (Å²) in [4.78, 5) is 15.4. The van der Waals surface area contributed by atoms with Crippen LogP contribution in [0.3, 0.4) is 0 Å². The number of terminal acetylenes is 1. The molecule has 0 saturated heterocycles. The van der Waals surface area contributed by atoms with Gasteiger partial charge in [0.1, 0.15) is 29.2 Å². The Morgan fingerprint density at radius 3 is 2.76 bits per heavy atom. The highest BCUT2D eigenvalue weighted by Crippen LogP contribution is 2.38. The average Bonchev–Trinajstić information content (AvgIpc) is 3.32. The zero-order valence-corrected chi connectivity index (χ0v) is 19.7. The molecule has 5 N–H and O–H groups in total. The van der Waals surface area contributed by atoms with Crippen molar-refractivity contribution in [1.82, 2.24) is 20.3 Å². The minimum Gasteiger partial charge on any atom is -0.439 e. The van der Waals surface area contributed by atoms with E-state index in [1.807, 2.05) is 6.11 Å². The van der Waals surface area contributed by atoms with Gasteiger partial charge in [-0.25, -0.2) is 15.0 Å². The van der Waals surface area contributed by atoms with Crippen molar-refractivity contribution < 1.29 is 27.3 Å². The Hall–Kier alpha value is -4.63. The molecular weight excluding hydrogens is 487 g/mol. The van der Waals surface area contributed by atoms with E-state index in [2.05, 4.69) is 37.1 Å². The van der Waals surface area contributed by atoms with E-state index in [0.717, 1.165) is 6.07 Å². The van der Waals surface area contributed by atoms with E-state index in [9.17, 15) is 13.2 Å². The number of nitrogens with zero attached hydrogens (tertiary/aromatic N) is 3. The average molecular weight is 511 g/mol. The molecule has 4 rings (SSSR count). The van der Waals surface area contributed by atoms with Gasteiger partial charge in [0, 0.05) is 23.6 Å². The highest BCUT2D eigenvalue weighted by Gasteiger charge is 2.33. The molecule has 1 atom stereocenters. The van der Waals surface area contributed by atoms with Crippen molar-refractivity contribution in [2.75, 3.05) is 18.4 Å². The number of halogens is 3. The summed E-state index contributed by atoms with van der Waals surface area (Å²) in [7, 11) is 0. The number of aromatic nitrogens is 4. The van der Waals surface area contributed by atoms with Gasteiger partial charge in [-0.1, -0.05) is 18.0 Å². The van der Waals surface area contributed by atoms with E-state index < -0.39 is 17.9 Å². The van der Waals surface area contributed by atoms with Gasteiger partial charge in [0.2, 0.25) is 5.89 Å². The Labute approximate surface area is 210 Å². The highest BCUT2D eigenvalue weighted by atomic mass is 19.4. The van der Waals surface area contributed by atoms with Gasteiger partial charge in [0.15, 0.2) is 11.5 Å². The van der Waals surface area contributed by atoms with Gasteiger partial charge < -0.3 is 20.2 Å². The van der Waals surface area contributed by atoms with Crippen molar-refractivity contribution in [1.29, 1.82) is 0 Å². The number of ether oxygens (including phenoxy) is 1. The van der Waals surface area contributed by atoms with E-state index in [1.165, 1.54) is 12.1 Å². The highest BCUT2D eigenvalue weighted by molar-refractivity contribution is 5.96. The minimum absolute atomic E-state index is 0.00438. The Balaban J connectivity index is 1.65. The Morgan fingerprint density at radius 2 is 2.08 bits per heavy atom. The number of pyridine rings is 1. The molecule has 0 fully saturated rings. The molecule has 0 unspecified atom stereocenters. The summed E-state index contributed by atoms with van der Waals surface area (Å²) in [5.41, 5.74) is 6.18. The molecule has 0 bridgehead atoms. The first kappa shape index (κ1) is 25.5. The van der Waals surface area contributed by atoms with Crippen LogP contribution < -0.4 is 26.1 Å². The maximum absolute atomic E-state index is 13.3. The Morgan fingerprint density at radius 1 is 1.27 bits per heavy atom. The third-order valence-corrected chi connectivity index (χ3v) is 5.22. The zero-order chi connectivity index (χ0) is 26.6. The summed E-state index contributed by atoms with van der Waals surface area (Å²) >= 11 is 0. The van der Waals surface area contributed by atoms with Crippen molar-refractivity contribution >= 4 is 22.5 Å². The number of alkyl halides is 3. The molecule has 0 radical (unpaired) electrons. The standard InChI is InChI=1S/C25H22F3N7O2/c1-4-36-18-8-6-17(16-7-9-19(25(26,27)28)34-21(16)18)23-35-20(22(37-23)14(2)29)15(3)30-12-13-33-24-31-10-5-11-32-24/h1,5-11,14,30H,3,12-13,29H2,2H3,(H,31,32,33)/p+1/t14-/m0/s1. The smallest absolute Gasteiger partial charge is 0.433 e. The number of anilines is 1. The van der Waals surface area contributed by atoms with Gasteiger partial charge in [0.05, 0.1) is 24.5 Å². The lowest BCUT2D eigenvalue weighted by Crippen LogP contribution is -2.24. The van der Waals surface area contributed by atoms with E-state index in [-0.39, 0.29) is 17.2 Å². The monoisotopic (exact) mass is 510 g/mol. The lowest BCUT2D eigenvalue weighted by atomic mass is 10.1. The summed E-state index contributed by atoms with van der Waals surface area (Å²) in [5, 5.41) is 6.58. The van der Waals surface area contributed by atoms with Crippen LogP contribution in [-0.2, 0) is 6.18 Å². The van der Waals surface area contributed by atoms with Crippen molar-refractivity contribution in [3.05, 3.63) is 66.5 Å². The fraction of sp³-hybridized carbons (Fsp3) is 0.200. The van der Waals surface area contributed by atoms with Gasteiger partial charge >= 0.3 is 12.1 Å². The first-order valence-electron chi connectivity index (χ1n) is 11.1. The van der Waals surface area contributed by atoms with Crippen LogP contribution >= 0.6 is 0 Å².